The Labute approximate surface area is 258 Å². The summed E-state index contributed by atoms with van der Waals surface area (Å²) in [5, 5.41) is 9.49. The Balaban J connectivity index is 3.70. The van der Waals surface area contributed by atoms with Gasteiger partial charge >= 0.3 is 11.9 Å². The summed E-state index contributed by atoms with van der Waals surface area (Å²) < 4.78 is 10.5. The lowest BCUT2D eigenvalue weighted by Crippen LogP contribution is -2.28. The van der Waals surface area contributed by atoms with Crippen molar-refractivity contribution in [2.45, 2.75) is 161 Å². The van der Waals surface area contributed by atoms with Crippen LogP contribution in [-0.2, 0) is 19.1 Å². The van der Waals surface area contributed by atoms with E-state index >= 15 is 0 Å². The second-order valence-electron chi connectivity index (χ2n) is 11.2. The minimum absolute atomic E-state index is 0.0963. The molecule has 5 heteroatoms. The van der Waals surface area contributed by atoms with Crippen LogP contribution in [0, 0.1) is 0 Å². The van der Waals surface area contributed by atoms with Gasteiger partial charge in [0.1, 0.15) is 6.61 Å². The molecule has 1 N–H and O–H groups in total. The van der Waals surface area contributed by atoms with Crippen LogP contribution >= 0.6 is 0 Å². The van der Waals surface area contributed by atoms with Crippen molar-refractivity contribution in [2.75, 3.05) is 13.2 Å². The van der Waals surface area contributed by atoms with Crippen molar-refractivity contribution >= 4 is 11.9 Å². The highest BCUT2D eigenvalue weighted by molar-refractivity contribution is 5.70. The van der Waals surface area contributed by atoms with Crippen LogP contribution in [0.1, 0.15) is 155 Å². The quantitative estimate of drug-likeness (QED) is 0.0513. The van der Waals surface area contributed by atoms with E-state index in [1.165, 1.54) is 77.0 Å². The fraction of sp³-hybridized carbons (Fsp3) is 0.730. The first-order valence-corrected chi connectivity index (χ1v) is 17.2. The van der Waals surface area contributed by atoms with E-state index in [2.05, 4.69) is 62.5 Å². The van der Waals surface area contributed by atoms with Crippen LogP contribution in [0.25, 0.3) is 0 Å². The van der Waals surface area contributed by atoms with E-state index in [1.807, 2.05) is 0 Å². The topological polar surface area (TPSA) is 72.8 Å². The molecule has 0 unspecified atom stereocenters. The van der Waals surface area contributed by atoms with Crippen LogP contribution in [0.2, 0.25) is 0 Å². The zero-order valence-corrected chi connectivity index (χ0v) is 27.2. The van der Waals surface area contributed by atoms with Gasteiger partial charge in [-0.25, -0.2) is 0 Å². The summed E-state index contributed by atoms with van der Waals surface area (Å²) in [6.45, 7) is 4.02. The normalized spacial score (nSPS) is 12.7. The number of ether oxygens (including phenoxy) is 2. The lowest BCUT2D eigenvalue weighted by atomic mass is 10.1. The van der Waals surface area contributed by atoms with Crippen molar-refractivity contribution in [1.82, 2.24) is 0 Å². The number of allylic oxidation sites excluding steroid dienone is 8. The van der Waals surface area contributed by atoms with Gasteiger partial charge in [-0.05, 0) is 64.2 Å². The molecule has 0 aromatic rings. The summed E-state index contributed by atoms with van der Waals surface area (Å²) in [5.41, 5.74) is 0. The number of aliphatic hydroxyl groups is 1. The molecule has 1 atom stereocenters. The SMILES string of the molecule is CCCC/C=C\CCCCCCCC(=O)O[C@@H](CO)COC(=O)CCC/C=C\C/C=C\C/C=C\CCCCCCCC. The highest BCUT2D eigenvalue weighted by Crippen LogP contribution is 2.10. The molecule has 0 bridgehead atoms. The molecule has 0 aliphatic heterocycles. The molecule has 0 radical (unpaired) electrons. The zero-order chi connectivity index (χ0) is 30.8. The van der Waals surface area contributed by atoms with Crippen LogP contribution in [0.4, 0.5) is 0 Å². The van der Waals surface area contributed by atoms with Crippen molar-refractivity contribution in [3.05, 3.63) is 48.6 Å². The highest BCUT2D eigenvalue weighted by Gasteiger charge is 2.15. The van der Waals surface area contributed by atoms with Crippen LogP contribution < -0.4 is 0 Å². The molecule has 0 aliphatic rings. The number of aliphatic hydroxyl groups excluding tert-OH is 1. The van der Waals surface area contributed by atoms with Crippen molar-refractivity contribution < 1.29 is 24.2 Å². The van der Waals surface area contributed by atoms with E-state index in [0.717, 1.165) is 44.9 Å². The first-order valence-electron chi connectivity index (χ1n) is 17.2. The summed E-state index contributed by atoms with van der Waals surface area (Å²) in [7, 11) is 0. The van der Waals surface area contributed by atoms with Crippen molar-refractivity contribution in [3.8, 4) is 0 Å². The Hall–Kier alpha value is -2.14. The molecule has 0 fully saturated rings. The van der Waals surface area contributed by atoms with Gasteiger partial charge in [-0.1, -0.05) is 127 Å². The highest BCUT2D eigenvalue weighted by atomic mass is 16.6. The monoisotopic (exact) mass is 588 g/mol. The molecule has 0 saturated carbocycles. The molecule has 0 aromatic heterocycles. The molecular weight excluding hydrogens is 524 g/mol. The van der Waals surface area contributed by atoms with E-state index in [1.54, 1.807) is 0 Å². The first-order chi connectivity index (χ1) is 20.6. The molecule has 0 spiro atoms. The zero-order valence-electron chi connectivity index (χ0n) is 27.2. The third-order valence-electron chi connectivity index (χ3n) is 7.10. The molecule has 0 rings (SSSR count). The Bertz CT molecular complexity index is 722. The number of hydrogen-bond acceptors (Lipinski definition) is 5. The third-order valence-corrected chi connectivity index (χ3v) is 7.10. The molecule has 0 aliphatic carbocycles. The molecule has 0 aromatic carbocycles. The molecule has 0 saturated heterocycles. The Morgan fingerprint density at radius 2 is 1.00 bits per heavy atom. The fourth-order valence-corrected chi connectivity index (χ4v) is 4.43. The van der Waals surface area contributed by atoms with Gasteiger partial charge in [-0.2, -0.15) is 0 Å². The number of rotatable bonds is 30. The maximum atomic E-state index is 12.1. The van der Waals surface area contributed by atoms with Crippen LogP contribution in [0.5, 0.6) is 0 Å². The summed E-state index contributed by atoms with van der Waals surface area (Å²) in [4.78, 5) is 24.1. The smallest absolute Gasteiger partial charge is 0.306 e. The Kier molecular flexibility index (Phi) is 31.7. The van der Waals surface area contributed by atoms with E-state index < -0.39 is 6.10 Å². The summed E-state index contributed by atoms with van der Waals surface area (Å²) >= 11 is 0. The lowest BCUT2D eigenvalue weighted by Gasteiger charge is -2.15. The average molecular weight is 589 g/mol. The summed E-state index contributed by atoms with van der Waals surface area (Å²) in [5.74, 6) is -0.668. The summed E-state index contributed by atoms with van der Waals surface area (Å²) in [6.07, 6.45) is 40.3. The average Bonchev–Trinajstić information content (AvgIpc) is 2.99. The Morgan fingerprint density at radius 3 is 1.60 bits per heavy atom. The van der Waals surface area contributed by atoms with E-state index in [4.69, 9.17) is 9.47 Å². The van der Waals surface area contributed by atoms with Crippen molar-refractivity contribution in [2.24, 2.45) is 0 Å². The first kappa shape index (κ1) is 39.9. The number of unbranched alkanes of at least 4 members (excludes halogenated alkanes) is 14. The minimum atomic E-state index is -0.793. The maximum Gasteiger partial charge on any atom is 0.306 e. The van der Waals surface area contributed by atoms with E-state index in [9.17, 15) is 14.7 Å². The largest absolute Gasteiger partial charge is 0.462 e. The van der Waals surface area contributed by atoms with E-state index in [-0.39, 0.29) is 25.2 Å². The molecule has 5 nitrogen and oxygen atoms in total. The van der Waals surface area contributed by atoms with Crippen molar-refractivity contribution in [1.29, 1.82) is 0 Å². The van der Waals surface area contributed by atoms with Crippen LogP contribution in [0.15, 0.2) is 48.6 Å². The predicted molar refractivity (Wildman–Crippen MR) is 177 cm³/mol. The van der Waals surface area contributed by atoms with Gasteiger partial charge in [0.15, 0.2) is 6.10 Å². The van der Waals surface area contributed by atoms with Gasteiger partial charge < -0.3 is 14.6 Å². The van der Waals surface area contributed by atoms with Crippen molar-refractivity contribution in [3.63, 3.8) is 0 Å². The van der Waals surface area contributed by atoms with Gasteiger partial charge in [-0.3, -0.25) is 9.59 Å². The molecule has 0 heterocycles. The van der Waals surface area contributed by atoms with Gasteiger partial charge in [0.05, 0.1) is 6.61 Å². The lowest BCUT2D eigenvalue weighted by molar-refractivity contribution is -0.161. The van der Waals surface area contributed by atoms with Gasteiger partial charge in [0.2, 0.25) is 0 Å². The number of carbonyl (C=O) groups is 2. The standard InChI is InChI=1S/C37H64O5/c1-3-5-7-9-11-13-15-16-17-18-19-20-22-23-25-27-29-31-36(39)41-34-35(33-38)42-37(40)32-30-28-26-24-21-14-12-10-8-6-4-2/h10,12,16-17,19-20,23,25,35,38H,3-9,11,13-15,18,21-22,24,26-34H2,1-2H3/b12-10-,17-16-,20-19-,25-23-/t35-/m0/s1. The number of carbonyl (C=O) groups excluding carboxylic acids is 2. The maximum absolute atomic E-state index is 12.1. The summed E-state index contributed by atoms with van der Waals surface area (Å²) in [6, 6.07) is 0. The molecule has 0 amide bonds. The third kappa shape index (κ3) is 30.8. The van der Waals surface area contributed by atoms with Gasteiger partial charge in [-0.15, -0.1) is 0 Å². The van der Waals surface area contributed by atoms with Crippen LogP contribution in [0.3, 0.4) is 0 Å². The second-order valence-corrected chi connectivity index (χ2v) is 11.2. The second kappa shape index (κ2) is 33.4. The number of esters is 2. The van der Waals surface area contributed by atoms with E-state index in [0.29, 0.717) is 19.3 Å². The van der Waals surface area contributed by atoms with Gasteiger partial charge in [0, 0.05) is 12.8 Å². The molecule has 242 valence electrons. The van der Waals surface area contributed by atoms with Crippen LogP contribution in [-0.4, -0.2) is 36.4 Å². The fourth-order valence-electron chi connectivity index (χ4n) is 4.43. The molecular formula is C37H64O5. The molecule has 42 heavy (non-hydrogen) atoms. The number of hydrogen-bond donors (Lipinski definition) is 1. The minimum Gasteiger partial charge on any atom is -0.462 e. The predicted octanol–water partition coefficient (Wildman–Crippen LogP) is 10.3. The van der Waals surface area contributed by atoms with Gasteiger partial charge in [0.25, 0.3) is 0 Å². The Morgan fingerprint density at radius 1 is 0.548 bits per heavy atom.